The molecule has 0 rings (SSSR count). The van der Waals surface area contributed by atoms with Crippen molar-refractivity contribution in [3.63, 3.8) is 0 Å². The monoisotopic (exact) mass is 155 g/mol. The van der Waals surface area contributed by atoms with Gasteiger partial charge in [-0.1, -0.05) is 0 Å². The third-order valence-corrected chi connectivity index (χ3v) is 0. The minimum atomic E-state index is -0.500. The van der Waals surface area contributed by atoms with E-state index in [0.29, 0.717) is 0 Å². The van der Waals surface area contributed by atoms with Crippen molar-refractivity contribution in [2.75, 3.05) is 0 Å². The number of hydrogen-bond donors (Lipinski definition) is 2. The van der Waals surface area contributed by atoms with Gasteiger partial charge < -0.3 is 10.8 Å². The number of nitrogens with two attached hydrogens (primary N) is 1. The molecule has 3 N–H and O–H groups in total. The summed E-state index contributed by atoms with van der Waals surface area (Å²) in [5.41, 5.74) is 4.40. The fraction of sp³-hybridized carbons (Fsp3) is 0. The summed E-state index contributed by atoms with van der Waals surface area (Å²) in [5, 5.41) is 7.06. The molecule has 4 heteroatoms. The first-order valence-corrected chi connectivity index (χ1v) is 1.12. The first kappa shape index (κ1) is 8.97. The van der Waals surface area contributed by atoms with Crippen LogP contribution in [-0.2, 0) is 0 Å². The predicted molar refractivity (Wildman–Crippen MR) is 30.7 cm³/mol. The molecule has 0 radical (unpaired) electrons. The van der Waals surface area contributed by atoms with Crippen LogP contribution < -0.4 is 5.73 Å². The van der Waals surface area contributed by atoms with Crippen molar-refractivity contribution in [1.29, 1.82) is 0 Å². The van der Waals surface area contributed by atoms with E-state index in [9.17, 15) is 0 Å². The first-order valence-electron chi connectivity index (χ1n) is 0.716. The summed E-state index contributed by atoms with van der Waals surface area (Å²) in [4.78, 5) is 0. The molecule has 5 heavy (non-hydrogen) atoms. The van der Waals surface area contributed by atoms with E-state index in [2.05, 4.69) is 18.0 Å². The van der Waals surface area contributed by atoms with Gasteiger partial charge in [0.05, 0.1) is 0 Å². The van der Waals surface area contributed by atoms with Gasteiger partial charge in [0.25, 0.3) is 5.17 Å². The second kappa shape index (κ2) is 4.23. The molecule has 0 amide bonds. The van der Waals surface area contributed by atoms with Crippen molar-refractivity contribution in [1.82, 2.24) is 0 Å². The number of rotatable bonds is 0. The Hall–Kier alpha value is 0.233. The van der Waals surface area contributed by atoms with Gasteiger partial charge in [0.2, 0.25) is 0 Å². The summed E-state index contributed by atoms with van der Waals surface area (Å²) in [6.07, 6.45) is 0. The number of aliphatic hydroxyl groups is 1. The van der Waals surface area contributed by atoms with Gasteiger partial charge in [-0.3, -0.25) is 0 Å². The van der Waals surface area contributed by atoms with Gasteiger partial charge >= 0.3 is 17.6 Å². The average Bonchev–Trinajstić information content (AvgIpc) is 0.811. The summed E-state index contributed by atoms with van der Waals surface area (Å²) in [7, 11) is 0. The Morgan fingerprint density at radius 1 is 1.80 bits per heavy atom. The summed E-state index contributed by atoms with van der Waals surface area (Å²) < 4.78 is 0. The van der Waals surface area contributed by atoms with E-state index in [0.717, 1.165) is 0 Å². The molecule has 0 aliphatic carbocycles. The standard InChI is InChI=1S/CH3NOS.GeH4/c2-1(3)4;/h(H3,2,3,4);1H4. The fourth-order valence-electron chi connectivity index (χ4n) is 0. The van der Waals surface area contributed by atoms with Gasteiger partial charge in [0.15, 0.2) is 0 Å². The summed E-state index contributed by atoms with van der Waals surface area (Å²) in [6, 6.07) is 0. The van der Waals surface area contributed by atoms with Crippen LogP contribution in [0.2, 0.25) is 0 Å². The Balaban J connectivity index is 0. The zero-order chi connectivity index (χ0) is 3.58. The second-order valence-corrected chi connectivity index (χ2v) is 0.757. The van der Waals surface area contributed by atoms with E-state index in [4.69, 9.17) is 5.11 Å². The Bertz CT molecular complexity index is 34.6. The quantitative estimate of drug-likeness (QED) is 0.324. The maximum absolute atomic E-state index is 7.56. The van der Waals surface area contributed by atoms with Crippen molar-refractivity contribution in [2.24, 2.45) is 5.73 Å². The summed E-state index contributed by atoms with van der Waals surface area (Å²) in [6.45, 7) is 0. The third-order valence-electron chi connectivity index (χ3n) is 0. The zero-order valence-electron chi connectivity index (χ0n) is 1.93. The molecule has 0 fully saturated rings. The molecule has 0 aliphatic heterocycles. The van der Waals surface area contributed by atoms with Crippen LogP contribution in [0, 0.1) is 0 Å². The Labute approximate surface area is 46.3 Å². The molecule has 32 valence electrons. The topological polar surface area (TPSA) is 46.2 Å². The average molecular weight is 154 g/mol. The summed E-state index contributed by atoms with van der Waals surface area (Å²) in [5.74, 6) is 0. The molecule has 2 nitrogen and oxygen atoms in total. The Morgan fingerprint density at radius 3 is 1.80 bits per heavy atom. The van der Waals surface area contributed by atoms with Gasteiger partial charge in [-0.25, -0.2) is 0 Å². The molecular formula is CH7GeNOS. The molecule has 0 unspecified atom stereocenters. The molecule has 0 spiro atoms. The van der Waals surface area contributed by atoms with Crippen molar-refractivity contribution in [3.8, 4) is 0 Å². The van der Waals surface area contributed by atoms with E-state index >= 15 is 0 Å². The maximum atomic E-state index is 7.56. The van der Waals surface area contributed by atoms with E-state index in [1.807, 2.05) is 0 Å². The normalized spacial score (nSPS) is 4.80. The van der Waals surface area contributed by atoms with Crippen LogP contribution in [-0.4, -0.2) is 27.9 Å². The zero-order valence-corrected chi connectivity index (χ0v) is 2.75. The fourth-order valence-corrected chi connectivity index (χ4v) is 0. The molecular weight excluding hydrogens is 147 g/mol. The van der Waals surface area contributed by atoms with Gasteiger partial charge in [0.1, 0.15) is 0 Å². The van der Waals surface area contributed by atoms with Crippen molar-refractivity contribution in [2.45, 2.75) is 0 Å². The van der Waals surface area contributed by atoms with Crippen LogP contribution in [0.3, 0.4) is 0 Å². The van der Waals surface area contributed by atoms with Crippen LogP contribution in [0.1, 0.15) is 0 Å². The molecule has 0 aliphatic rings. The molecule has 0 bridgehead atoms. The number of aliphatic hydroxyl groups excluding tert-OH is 1. The molecule has 0 aromatic carbocycles. The Morgan fingerprint density at radius 2 is 1.80 bits per heavy atom. The molecule has 0 saturated carbocycles. The van der Waals surface area contributed by atoms with Gasteiger partial charge in [0, 0.05) is 0 Å². The molecule has 0 aromatic heterocycles. The van der Waals surface area contributed by atoms with Gasteiger partial charge in [-0.05, 0) is 12.2 Å². The van der Waals surface area contributed by atoms with Gasteiger partial charge in [-0.2, -0.15) is 0 Å². The van der Waals surface area contributed by atoms with Crippen LogP contribution in [0.15, 0.2) is 0 Å². The minimum absolute atomic E-state index is 0. The number of hydrogen-bond acceptors (Lipinski definition) is 1. The van der Waals surface area contributed by atoms with Crippen LogP contribution in [0.25, 0.3) is 0 Å². The molecule has 0 saturated heterocycles. The molecule has 0 atom stereocenters. The molecule has 0 aromatic rings. The number of thiocarbonyl (C=S) groups is 1. The van der Waals surface area contributed by atoms with Crippen LogP contribution in [0.5, 0.6) is 0 Å². The first-order chi connectivity index (χ1) is 1.73. The second-order valence-electron chi connectivity index (χ2n) is 0.338. The Kier molecular flexibility index (Phi) is 7.59. The summed E-state index contributed by atoms with van der Waals surface area (Å²) >= 11 is 3.87. The predicted octanol–water partition coefficient (Wildman–Crippen LogP) is -1.66. The van der Waals surface area contributed by atoms with E-state index in [1.165, 1.54) is 0 Å². The van der Waals surface area contributed by atoms with E-state index in [-0.39, 0.29) is 17.6 Å². The van der Waals surface area contributed by atoms with Crippen molar-refractivity contribution < 1.29 is 5.11 Å². The SMILES string of the molecule is NC(O)=S.[GeH4]. The van der Waals surface area contributed by atoms with E-state index < -0.39 is 5.17 Å². The van der Waals surface area contributed by atoms with Crippen LogP contribution >= 0.6 is 12.2 Å². The van der Waals surface area contributed by atoms with Crippen molar-refractivity contribution >= 4 is 35.0 Å². The molecule has 0 heterocycles. The van der Waals surface area contributed by atoms with Crippen LogP contribution in [0.4, 0.5) is 0 Å². The van der Waals surface area contributed by atoms with E-state index in [1.54, 1.807) is 0 Å². The van der Waals surface area contributed by atoms with Crippen molar-refractivity contribution in [3.05, 3.63) is 0 Å². The van der Waals surface area contributed by atoms with Gasteiger partial charge in [-0.15, -0.1) is 0 Å². The third kappa shape index (κ3) is 389.